The first-order chi connectivity index (χ1) is 12.6. The van der Waals surface area contributed by atoms with Crippen LogP contribution in [0.25, 0.3) is 0 Å². The number of methoxy groups -OCH3 is 1. The first-order valence-corrected chi connectivity index (χ1v) is 16.7. The highest BCUT2D eigenvalue weighted by atomic mass is 28.3. The second kappa shape index (κ2) is 7.64. The number of hydrogen-bond donors (Lipinski definition) is 0. The Morgan fingerprint density at radius 1 is 1.00 bits per heavy atom. The molecule has 0 saturated heterocycles. The van der Waals surface area contributed by atoms with E-state index in [-0.39, 0.29) is 10.8 Å². The summed E-state index contributed by atoms with van der Waals surface area (Å²) >= 11 is 0. The molecule has 156 valence electrons. The van der Waals surface area contributed by atoms with E-state index in [1.807, 2.05) is 7.11 Å². The van der Waals surface area contributed by atoms with Gasteiger partial charge < -0.3 is 4.74 Å². The lowest BCUT2D eigenvalue weighted by Crippen LogP contribution is -2.48. The summed E-state index contributed by atoms with van der Waals surface area (Å²) in [6.45, 7) is 26.4. The molecule has 0 heterocycles. The summed E-state index contributed by atoms with van der Waals surface area (Å²) < 4.78 is 6.23. The largest absolute Gasteiger partial charge is 0.497 e. The van der Waals surface area contributed by atoms with Crippen molar-refractivity contribution in [3.05, 3.63) is 40.1 Å². The minimum Gasteiger partial charge on any atom is -0.497 e. The number of benzene rings is 1. The van der Waals surface area contributed by atoms with Crippen molar-refractivity contribution < 1.29 is 4.74 Å². The number of aryl methyl sites for hydroxylation is 1. The van der Waals surface area contributed by atoms with E-state index in [1.54, 1.807) is 16.0 Å². The van der Waals surface area contributed by atoms with Gasteiger partial charge in [-0.1, -0.05) is 102 Å². The van der Waals surface area contributed by atoms with E-state index in [1.165, 1.54) is 22.1 Å². The van der Waals surface area contributed by atoms with Crippen molar-refractivity contribution in [2.75, 3.05) is 7.11 Å². The van der Waals surface area contributed by atoms with Crippen molar-refractivity contribution in [3.8, 4) is 5.75 Å². The molecule has 0 fully saturated rings. The van der Waals surface area contributed by atoms with Crippen LogP contribution in [0.2, 0.25) is 26.2 Å². The van der Waals surface area contributed by atoms with Crippen molar-refractivity contribution in [1.29, 1.82) is 0 Å². The summed E-state index contributed by atoms with van der Waals surface area (Å²) in [6.07, 6.45) is 5.84. The Balaban J connectivity index is 2.88. The fraction of sp³-hybridized carbons (Fsp3) is 0.600. The Bertz CT molecular complexity index is 812. The lowest BCUT2D eigenvalue weighted by Gasteiger charge is -2.36. The summed E-state index contributed by atoms with van der Waals surface area (Å²) in [6, 6.07) is 2.49. The van der Waals surface area contributed by atoms with Gasteiger partial charge in [-0.15, -0.1) is 0 Å². The third kappa shape index (κ3) is 4.11. The fourth-order valence-electron chi connectivity index (χ4n) is 4.94. The maximum absolute atomic E-state index is 6.23. The molecular formula is C25H42OSi2. The van der Waals surface area contributed by atoms with E-state index >= 15 is 0 Å². The molecule has 3 heteroatoms. The second-order valence-corrected chi connectivity index (χ2v) is 18.6. The maximum atomic E-state index is 6.23. The summed E-state index contributed by atoms with van der Waals surface area (Å²) in [5.41, 5.74) is 4.76. The van der Waals surface area contributed by atoms with Gasteiger partial charge in [-0.25, -0.2) is 0 Å². The van der Waals surface area contributed by atoms with E-state index in [0.29, 0.717) is 0 Å². The monoisotopic (exact) mass is 414 g/mol. The molecule has 1 nitrogen and oxygen atoms in total. The quantitative estimate of drug-likeness (QED) is 0.570. The van der Waals surface area contributed by atoms with Crippen LogP contribution in [0, 0.1) is 12.3 Å². The Labute approximate surface area is 176 Å². The molecule has 1 aliphatic carbocycles. The summed E-state index contributed by atoms with van der Waals surface area (Å²) in [4.78, 5) is 0. The molecular weight excluding hydrogens is 372 g/mol. The topological polar surface area (TPSA) is 9.23 Å². The van der Waals surface area contributed by atoms with Gasteiger partial charge >= 0.3 is 0 Å². The zero-order valence-electron chi connectivity index (χ0n) is 20.4. The smallest absolute Gasteiger partial charge is 0.122 e. The van der Waals surface area contributed by atoms with Gasteiger partial charge in [0.2, 0.25) is 0 Å². The molecule has 0 amide bonds. The van der Waals surface area contributed by atoms with E-state index in [4.69, 9.17) is 4.74 Å². The molecule has 0 bridgehead atoms. The Hall–Kier alpha value is -1.07. The molecule has 1 aromatic carbocycles. The maximum Gasteiger partial charge on any atom is 0.122 e. The second-order valence-electron chi connectivity index (χ2n) is 11.3. The molecule has 2 rings (SSSR count). The first-order valence-electron chi connectivity index (χ1n) is 10.8. The highest BCUT2D eigenvalue weighted by Crippen LogP contribution is 2.40. The van der Waals surface area contributed by atoms with Crippen LogP contribution in [0.15, 0.2) is 29.0 Å². The molecule has 1 aliphatic rings. The number of rotatable bonds is 4. The van der Waals surface area contributed by atoms with Gasteiger partial charge in [-0.2, -0.15) is 0 Å². The standard InChI is InChI=1S/C25H42OSi2/c1-17-16-20(22(26-8)21(25(5,6)7)23(17)27(9)10)28(11,12)19-15-13-14-18(19)24(2,3)4/h13-14,16,27H,15H2,1-12H3. The van der Waals surface area contributed by atoms with Gasteiger partial charge in [-0.3, -0.25) is 0 Å². The van der Waals surface area contributed by atoms with Crippen molar-refractivity contribution >= 4 is 27.2 Å². The number of allylic oxidation sites excluding steroid dienone is 4. The third-order valence-corrected chi connectivity index (χ3v) is 11.8. The number of ether oxygens (including phenoxy) is 1. The van der Waals surface area contributed by atoms with Crippen LogP contribution in [-0.4, -0.2) is 24.0 Å². The van der Waals surface area contributed by atoms with Crippen LogP contribution in [0.4, 0.5) is 0 Å². The van der Waals surface area contributed by atoms with E-state index in [0.717, 1.165) is 6.42 Å². The van der Waals surface area contributed by atoms with Crippen molar-refractivity contribution in [1.82, 2.24) is 0 Å². The predicted octanol–water partition coefficient (Wildman–Crippen LogP) is 5.75. The first kappa shape index (κ1) is 23.2. The van der Waals surface area contributed by atoms with Crippen LogP contribution in [-0.2, 0) is 5.41 Å². The molecule has 0 radical (unpaired) electrons. The lowest BCUT2D eigenvalue weighted by atomic mass is 9.85. The van der Waals surface area contributed by atoms with Gasteiger partial charge in [0.1, 0.15) is 13.8 Å². The average molecular weight is 415 g/mol. The highest BCUT2D eigenvalue weighted by molar-refractivity contribution is 6.96. The zero-order chi connectivity index (χ0) is 21.7. The minimum atomic E-state index is -1.88. The van der Waals surface area contributed by atoms with E-state index in [2.05, 4.69) is 92.9 Å². The van der Waals surface area contributed by atoms with Gasteiger partial charge in [0.15, 0.2) is 0 Å². The Morgan fingerprint density at radius 2 is 1.57 bits per heavy atom. The molecule has 0 spiro atoms. The molecule has 0 N–H and O–H groups in total. The van der Waals surface area contributed by atoms with E-state index in [9.17, 15) is 0 Å². The molecule has 0 aromatic heterocycles. The zero-order valence-corrected chi connectivity index (χ0v) is 22.6. The van der Waals surface area contributed by atoms with Crippen molar-refractivity contribution in [2.45, 2.75) is 86.5 Å². The predicted molar refractivity (Wildman–Crippen MR) is 132 cm³/mol. The molecule has 1 aromatic rings. The molecule has 0 saturated carbocycles. The van der Waals surface area contributed by atoms with Crippen LogP contribution in [0.5, 0.6) is 5.75 Å². The van der Waals surface area contributed by atoms with Gasteiger partial charge in [0.05, 0.1) is 15.9 Å². The fourth-order valence-corrected chi connectivity index (χ4v) is 10.5. The van der Waals surface area contributed by atoms with Gasteiger partial charge in [0, 0.05) is 0 Å². The summed E-state index contributed by atoms with van der Waals surface area (Å²) in [7, 11) is -0.976. The van der Waals surface area contributed by atoms with Crippen LogP contribution in [0.1, 0.15) is 59.1 Å². The van der Waals surface area contributed by atoms with Crippen molar-refractivity contribution in [3.63, 3.8) is 0 Å². The highest BCUT2D eigenvalue weighted by Gasteiger charge is 2.39. The summed E-state index contributed by atoms with van der Waals surface area (Å²) in [5.74, 6) is 1.18. The third-order valence-electron chi connectivity index (χ3n) is 6.23. The van der Waals surface area contributed by atoms with Crippen LogP contribution in [0.3, 0.4) is 0 Å². The number of hydrogen-bond acceptors (Lipinski definition) is 1. The van der Waals surface area contributed by atoms with E-state index < -0.39 is 16.9 Å². The lowest BCUT2D eigenvalue weighted by molar-refractivity contribution is 0.401. The SMILES string of the molecule is COc1c([Si](C)(C)C2=C(C(C)(C)C)C=CC2)cc(C)c([SiH](C)C)c1C(C)(C)C. The molecule has 0 atom stereocenters. The van der Waals surface area contributed by atoms with Gasteiger partial charge in [-0.05, 0) is 40.5 Å². The Kier molecular flexibility index (Phi) is 6.34. The van der Waals surface area contributed by atoms with Crippen molar-refractivity contribution in [2.24, 2.45) is 5.41 Å². The van der Waals surface area contributed by atoms with Crippen LogP contribution < -0.4 is 15.1 Å². The van der Waals surface area contributed by atoms with Gasteiger partial charge in [0.25, 0.3) is 0 Å². The summed E-state index contributed by atoms with van der Waals surface area (Å²) in [5, 5.41) is 4.76. The molecule has 0 aliphatic heterocycles. The molecule has 28 heavy (non-hydrogen) atoms. The average Bonchev–Trinajstić information content (AvgIpc) is 3.03. The normalized spacial score (nSPS) is 15.8. The Morgan fingerprint density at radius 3 is 2.00 bits per heavy atom. The minimum absolute atomic E-state index is 0.0817. The molecule has 0 unspecified atom stereocenters. The van der Waals surface area contributed by atoms with Crippen LogP contribution >= 0.6 is 0 Å².